The van der Waals surface area contributed by atoms with Crippen LogP contribution in [-0.4, -0.2) is 16.6 Å². The Bertz CT molecular complexity index is 45.4. The predicted octanol–water partition coefficient (Wildman–Crippen LogP) is 0.234. The smallest absolute Gasteiger partial charge is 0.303 e. The molecule has 0 saturated heterocycles. The van der Waals surface area contributed by atoms with Crippen LogP contribution in [0.1, 0.15) is 13.3 Å². The molecule has 0 heterocycles. The van der Waals surface area contributed by atoms with Gasteiger partial charge in [-0.3, -0.25) is 4.79 Å². The van der Waals surface area contributed by atoms with Crippen LogP contribution in [0.5, 0.6) is 0 Å². The molecule has 0 fully saturated rings. The minimum Gasteiger partial charge on any atom is -0.481 e. The van der Waals surface area contributed by atoms with Crippen LogP contribution in [0.2, 0.25) is 0 Å². The summed E-state index contributed by atoms with van der Waals surface area (Å²) in [5.74, 6) is -0.745. The molecule has 0 unspecified atom stereocenters. The van der Waals surface area contributed by atoms with E-state index >= 15 is 0 Å². The van der Waals surface area contributed by atoms with Crippen molar-refractivity contribution in [3.05, 3.63) is 0 Å². The summed E-state index contributed by atoms with van der Waals surface area (Å²) < 4.78 is 0. The van der Waals surface area contributed by atoms with Crippen LogP contribution in [0, 0.1) is 0 Å². The number of hydrogen-bond donors (Lipinski definition) is 1. The molecule has 0 aliphatic carbocycles. The summed E-state index contributed by atoms with van der Waals surface area (Å²) in [6.07, 6.45) is 0.222. The average molecular weight is 173 g/mol. The maximum absolute atomic E-state index is 9.37. The van der Waals surface area contributed by atoms with E-state index < -0.39 is 5.97 Å². The second kappa shape index (κ2) is 9.32. The number of carboxylic acid groups (broad SMARTS) is 1. The summed E-state index contributed by atoms with van der Waals surface area (Å²) in [4.78, 5) is 9.37. The van der Waals surface area contributed by atoms with E-state index in [4.69, 9.17) is 5.11 Å². The quantitative estimate of drug-likeness (QED) is 0.616. The molecule has 0 rings (SSSR count). The first-order valence-electron chi connectivity index (χ1n) is 1.49. The van der Waals surface area contributed by atoms with E-state index in [-0.39, 0.29) is 28.9 Å². The molecule has 4 heteroatoms. The van der Waals surface area contributed by atoms with Crippen molar-refractivity contribution in [2.45, 2.75) is 13.3 Å². The topological polar surface area (TPSA) is 68.8 Å². The van der Waals surface area contributed by atoms with Crippen molar-refractivity contribution in [2.24, 2.45) is 0 Å². The zero-order chi connectivity index (χ0) is 4.28. The Hall–Kier alpha value is -0.0900. The van der Waals surface area contributed by atoms with Crippen molar-refractivity contribution in [3.8, 4) is 0 Å². The first-order chi connectivity index (χ1) is 2.27. The Balaban J connectivity index is -0.0000000800. The molecule has 0 aromatic carbocycles. The highest BCUT2D eigenvalue weighted by atomic mass is 79.9. The molecule has 0 aliphatic heterocycles. The van der Waals surface area contributed by atoms with Crippen molar-refractivity contribution >= 4 is 23.0 Å². The van der Waals surface area contributed by atoms with Crippen molar-refractivity contribution in [2.75, 3.05) is 0 Å². The fraction of sp³-hybridized carbons (Fsp3) is 0.667. The molecule has 3 N–H and O–H groups in total. The third-order valence-electron chi connectivity index (χ3n) is 0.302. The third kappa shape index (κ3) is 24.8. The molecule has 0 amide bonds. The Morgan fingerprint density at radius 2 is 1.86 bits per heavy atom. The predicted molar refractivity (Wildman–Crippen MR) is 31.9 cm³/mol. The van der Waals surface area contributed by atoms with E-state index in [1.807, 2.05) is 0 Å². The number of hydrogen-bond acceptors (Lipinski definition) is 1. The van der Waals surface area contributed by atoms with E-state index in [0.717, 1.165) is 0 Å². The van der Waals surface area contributed by atoms with Gasteiger partial charge in [-0.1, -0.05) is 6.92 Å². The highest BCUT2D eigenvalue weighted by molar-refractivity contribution is 8.93. The van der Waals surface area contributed by atoms with E-state index in [1.165, 1.54) is 0 Å². The summed E-state index contributed by atoms with van der Waals surface area (Å²) in [5, 5.41) is 7.72. The lowest BCUT2D eigenvalue weighted by atomic mass is 10.5. The van der Waals surface area contributed by atoms with Gasteiger partial charge in [-0.15, -0.1) is 17.0 Å². The molecule has 0 bridgehead atoms. The highest BCUT2D eigenvalue weighted by Gasteiger charge is 1.80. The molecule has 0 aliphatic rings. The fourth-order valence-corrected chi connectivity index (χ4v) is 0. The normalized spacial score (nSPS) is 5.29. The molecule has 0 aromatic heterocycles. The van der Waals surface area contributed by atoms with Crippen LogP contribution in [0.3, 0.4) is 0 Å². The maximum atomic E-state index is 9.37. The monoisotopic (exact) mass is 172 g/mol. The second-order valence-electron chi connectivity index (χ2n) is 0.747. The van der Waals surface area contributed by atoms with Crippen molar-refractivity contribution in [3.63, 3.8) is 0 Å². The van der Waals surface area contributed by atoms with Crippen LogP contribution in [0.4, 0.5) is 0 Å². The van der Waals surface area contributed by atoms with Gasteiger partial charge in [0.15, 0.2) is 0 Å². The Morgan fingerprint density at radius 3 is 1.86 bits per heavy atom. The van der Waals surface area contributed by atoms with E-state index in [9.17, 15) is 4.79 Å². The molecular weight excluding hydrogens is 164 g/mol. The molecule has 46 valence electrons. The van der Waals surface area contributed by atoms with Crippen LogP contribution >= 0.6 is 17.0 Å². The van der Waals surface area contributed by atoms with Crippen LogP contribution in [-0.2, 0) is 4.79 Å². The van der Waals surface area contributed by atoms with Gasteiger partial charge in [-0.25, -0.2) is 0 Å². The Morgan fingerprint density at radius 1 is 1.71 bits per heavy atom. The zero-order valence-electron chi connectivity index (χ0n) is 3.97. The molecule has 7 heavy (non-hydrogen) atoms. The largest absolute Gasteiger partial charge is 0.481 e. The molecule has 0 saturated carbocycles. The molecule has 3 nitrogen and oxygen atoms in total. The van der Waals surface area contributed by atoms with Gasteiger partial charge in [0.25, 0.3) is 0 Å². The fourth-order valence-electron chi connectivity index (χ4n) is 0. The van der Waals surface area contributed by atoms with Crippen LogP contribution in [0.25, 0.3) is 0 Å². The van der Waals surface area contributed by atoms with Gasteiger partial charge < -0.3 is 10.6 Å². The zero-order valence-corrected chi connectivity index (χ0v) is 5.68. The number of rotatable bonds is 1. The van der Waals surface area contributed by atoms with Gasteiger partial charge >= 0.3 is 5.97 Å². The first-order valence-corrected chi connectivity index (χ1v) is 1.49. The number of aliphatic carboxylic acids is 1. The maximum Gasteiger partial charge on any atom is 0.303 e. The number of carbonyl (C=O) groups is 1. The summed E-state index contributed by atoms with van der Waals surface area (Å²) in [6, 6.07) is 0. The standard InChI is InChI=1S/C3H6O2.BrH.H2O/c1-2-3(4)5;;/h2H2,1H3,(H,4,5);1H;1H2. The lowest BCUT2D eigenvalue weighted by Crippen LogP contribution is -1.86. The number of halogens is 1. The molecule has 0 spiro atoms. The van der Waals surface area contributed by atoms with Crippen LogP contribution in [0.15, 0.2) is 0 Å². The molecule has 0 atom stereocenters. The Kier molecular flexibility index (Phi) is 21.0. The van der Waals surface area contributed by atoms with Crippen molar-refractivity contribution < 1.29 is 15.4 Å². The first kappa shape index (κ1) is 15.8. The summed E-state index contributed by atoms with van der Waals surface area (Å²) in [7, 11) is 0. The lowest BCUT2D eigenvalue weighted by Gasteiger charge is -1.71. The second-order valence-corrected chi connectivity index (χ2v) is 0.747. The summed E-state index contributed by atoms with van der Waals surface area (Å²) in [5.41, 5.74) is 0. The van der Waals surface area contributed by atoms with Gasteiger partial charge in [0, 0.05) is 6.42 Å². The molecule has 0 aromatic rings. The average Bonchev–Trinajstić information content (AvgIpc) is 1.38. The molecule has 0 radical (unpaired) electrons. The SMILES string of the molecule is Br.CCC(=O)O.O. The van der Waals surface area contributed by atoms with Gasteiger partial charge in [-0.2, -0.15) is 0 Å². The summed E-state index contributed by atoms with van der Waals surface area (Å²) >= 11 is 0. The minimum absolute atomic E-state index is 0. The van der Waals surface area contributed by atoms with E-state index in [0.29, 0.717) is 0 Å². The molecular formula is C3H9BrO3. The van der Waals surface area contributed by atoms with Gasteiger partial charge in [0.2, 0.25) is 0 Å². The third-order valence-corrected chi connectivity index (χ3v) is 0.302. The Labute approximate surface area is 52.4 Å². The minimum atomic E-state index is -0.745. The van der Waals surface area contributed by atoms with Crippen LogP contribution < -0.4 is 0 Å². The lowest BCUT2D eigenvalue weighted by molar-refractivity contribution is -0.136. The van der Waals surface area contributed by atoms with Crippen molar-refractivity contribution in [1.82, 2.24) is 0 Å². The van der Waals surface area contributed by atoms with E-state index in [1.54, 1.807) is 6.92 Å². The summed E-state index contributed by atoms with van der Waals surface area (Å²) in [6.45, 7) is 1.60. The highest BCUT2D eigenvalue weighted by Crippen LogP contribution is 1.67. The van der Waals surface area contributed by atoms with E-state index in [2.05, 4.69) is 0 Å². The van der Waals surface area contributed by atoms with Crippen molar-refractivity contribution in [1.29, 1.82) is 0 Å². The van der Waals surface area contributed by atoms with Gasteiger partial charge in [0.05, 0.1) is 0 Å². The van der Waals surface area contributed by atoms with Gasteiger partial charge in [-0.05, 0) is 0 Å². The van der Waals surface area contributed by atoms with Gasteiger partial charge in [0.1, 0.15) is 0 Å². The number of carboxylic acids is 1.